The van der Waals surface area contributed by atoms with Crippen molar-refractivity contribution >= 4 is 16.9 Å². The van der Waals surface area contributed by atoms with Gasteiger partial charge in [0.25, 0.3) is 0 Å². The molecule has 1 amide bonds. The van der Waals surface area contributed by atoms with E-state index in [4.69, 9.17) is 4.42 Å². The van der Waals surface area contributed by atoms with Crippen LogP contribution in [0.2, 0.25) is 0 Å². The normalized spacial score (nSPS) is 20.9. The Kier molecular flexibility index (Phi) is 5.33. The summed E-state index contributed by atoms with van der Waals surface area (Å²) in [5.74, 6) is 1.01. The maximum atomic E-state index is 13.1. The fourth-order valence-corrected chi connectivity index (χ4v) is 4.97. The number of aryl methyl sites for hydroxylation is 1. The third-order valence-corrected chi connectivity index (χ3v) is 6.39. The SMILES string of the molecule is CCCN(C(=O)CC1CCCCC1)[C@H]1CCc2cc3ccoc3cc2C1. The van der Waals surface area contributed by atoms with Crippen LogP contribution >= 0.6 is 0 Å². The number of rotatable bonds is 5. The van der Waals surface area contributed by atoms with E-state index in [1.165, 1.54) is 48.6 Å². The molecule has 2 aliphatic carbocycles. The molecule has 0 aliphatic heterocycles. The number of furan rings is 1. The Balaban J connectivity index is 1.48. The molecule has 3 nitrogen and oxygen atoms in total. The lowest BCUT2D eigenvalue weighted by Crippen LogP contribution is -2.44. The smallest absolute Gasteiger partial charge is 0.223 e. The predicted octanol–water partition coefficient (Wildman–Crippen LogP) is 5.50. The maximum absolute atomic E-state index is 13.1. The van der Waals surface area contributed by atoms with Crippen LogP contribution < -0.4 is 0 Å². The standard InChI is InChI=1S/C23H31NO2/c1-2-11-24(23(25)13-17-6-4-3-5-7-17)21-9-8-18-14-19-10-12-26-22(19)16-20(18)15-21/h10,12,14,16-17,21H,2-9,11,13,15H2,1H3/t21-/m0/s1. The van der Waals surface area contributed by atoms with Crippen molar-refractivity contribution in [3.8, 4) is 0 Å². The molecular formula is C23H31NO2. The van der Waals surface area contributed by atoms with Crippen molar-refractivity contribution < 1.29 is 9.21 Å². The van der Waals surface area contributed by atoms with Gasteiger partial charge in [-0.25, -0.2) is 0 Å². The molecule has 0 bridgehead atoms. The van der Waals surface area contributed by atoms with Gasteiger partial charge in [0.2, 0.25) is 5.91 Å². The number of amides is 1. The molecule has 4 rings (SSSR count). The van der Waals surface area contributed by atoms with Crippen LogP contribution in [0.3, 0.4) is 0 Å². The van der Waals surface area contributed by atoms with E-state index >= 15 is 0 Å². The number of hydrogen-bond acceptors (Lipinski definition) is 2. The predicted molar refractivity (Wildman–Crippen MR) is 105 cm³/mol. The van der Waals surface area contributed by atoms with Crippen LogP contribution in [-0.4, -0.2) is 23.4 Å². The van der Waals surface area contributed by atoms with Crippen LogP contribution in [0.4, 0.5) is 0 Å². The lowest BCUT2D eigenvalue weighted by Gasteiger charge is -2.36. The zero-order chi connectivity index (χ0) is 17.9. The van der Waals surface area contributed by atoms with Gasteiger partial charge in [-0.05, 0) is 73.8 Å². The van der Waals surface area contributed by atoms with Gasteiger partial charge in [0, 0.05) is 24.4 Å². The van der Waals surface area contributed by atoms with Crippen LogP contribution in [0.25, 0.3) is 11.0 Å². The highest BCUT2D eigenvalue weighted by Crippen LogP contribution is 2.31. The van der Waals surface area contributed by atoms with E-state index in [-0.39, 0.29) is 0 Å². The summed E-state index contributed by atoms with van der Waals surface area (Å²) < 4.78 is 5.59. The summed E-state index contributed by atoms with van der Waals surface area (Å²) >= 11 is 0. The van der Waals surface area contributed by atoms with Crippen LogP contribution in [0.1, 0.15) is 69.4 Å². The Labute approximate surface area is 156 Å². The molecule has 2 aliphatic rings. The fraction of sp³-hybridized carbons (Fsp3) is 0.609. The molecule has 140 valence electrons. The number of carbonyl (C=O) groups is 1. The summed E-state index contributed by atoms with van der Waals surface area (Å²) in [4.78, 5) is 15.3. The summed E-state index contributed by atoms with van der Waals surface area (Å²) in [5, 5.41) is 1.20. The van der Waals surface area contributed by atoms with E-state index in [0.717, 1.165) is 44.2 Å². The van der Waals surface area contributed by atoms with Gasteiger partial charge in [-0.15, -0.1) is 0 Å². The molecule has 1 aromatic heterocycles. The molecule has 0 spiro atoms. The highest BCUT2D eigenvalue weighted by Gasteiger charge is 2.29. The van der Waals surface area contributed by atoms with Gasteiger partial charge in [0.1, 0.15) is 5.58 Å². The second-order valence-corrected chi connectivity index (χ2v) is 8.27. The molecule has 1 heterocycles. The molecule has 1 saturated carbocycles. The first-order valence-corrected chi connectivity index (χ1v) is 10.5. The van der Waals surface area contributed by atoms with Gasteiger partial charge < -0.3 is 9.32 Å². The van der Waals surface area contributed by atoms with E-state index < -0.39 is 0 Å². The molecule has 1 atom stereocenters. The van der Waals surface area contributed by atoms with Crippen molar-refractivity contribution in [3.63, 3.8) is 0 Å². The Morgan fingerprint density at radius 2 is 2.00 bits per heavy atom. The topological polar surface area (TPSA) is 33.5 Å². The number of carbonyl (C=O) groups excluding carboxylic acids is 1. The minimum absolute atomic E-state index is 0.353. The average molecular weight is 354 g/mol. The molecular weight excluding hydrogens is 322 g/mol. The van der Waals surface area contributed by atoms with Gasteiger partial charge in [0.15, 0.2) is 0 Å². The summed E-state index contributed by atoms with van der Waals surface area (Å²) in [6, 6.07) is 6.87. The summed E-state index contributed by atoms with van der Waals surface area (Å²) in [7, 11) is 0. The fourth-order valence-electron chi connectivity index (χ4n) is 4.97. The first-order chi connectivity index (χ1) is 12.7. The highest BCUT2D eigenvalue weighted by atomic mass is 16.3. The van der Waals surface area contributed by atoms with E-state index in [9.17, 15) is 4.79 Å². The van der Waals surface area contributed by atoms with Gasteiger partial charge >= 0.3 is 0 Å². The lowest BCUT2D eigenvalue weighted by atomic mass is 9.84. The van der Waals surface area contributed by atoms with Crippen molar-refractivity contribution in [1.29, 1.82) is 0 Å². The monoisotopic (exact) mass is 353 g/mol. The largest absolute Gasteiger partial charge is 0.464 e. The van der Waals surface area contributed by atoms with E-state index in [1.54, 1.807) is 6.26 Å². The van der Waals surface area contributed by atoms with Crippen LogP contribution in [-0.2, 0) is 17.6 Å². The first kappa shape index (κ1) is 17.6. The van der Waals surface area contributed by atoms with E-state index in [1.807, 2.05) is 6.07 Å². The van der Waals surface area contributed by atoms with Gasteiger partial charge in [-0.1, -0.05) is 26.2 Å². The summed E-state index contributed by atoms with van der Waals surface area (Å²) in [6.07, 6.45) is 13.2. The van der Waals surface area contributed by atoms with Crippen molar-refractivity contribution in [1.82, 2.24) is 4.90 Å². The third-order valence-electron chi connectivity index (χ3n) is 6.39. The first-order valence-electron chi connectivity index (χ1n) is 10.5. The minimum atomic E-state index is 0.353. The molecule has 0 unspecified atom stereocenters. The van der Waals surface area contributed by atoms with Crippen molar-refractivity contribution in [2.24, 2.45) is 5.92 Å². The van der Waals surface area contributed by atoms with Gasteiger partial charge in [0.05, 0.1) is 6.26 Å². The van der Waals surface area contributed by atoms with Gasteiger partial charge in [-0.2, -0.15) is 0 Å². The Bertz CT molecular complexity index is 757. The highest BCUT2D eigenvalue weighted by molar-refractivity contribution is 5.79. The van der Waals surface area contributed by atoms with Crippen LogP contribution in [0.5, 0.6) is 0 Å². The van der Waals surface area contributed by atoms with E-state index in [2.05, 4.69) is 24.0 Å². The molecule has 1 fully saturated rings. The van der Waals surface area contributed by atoms with Crippen molar-refractivity contribution in [3.05, 3.63) is 35.6 Å². The maximum Gasteiger partial charge on any atom is 0.223 e. The Morgan fingerprint density at radius 3 is 2.81 bits per heavy atom. The van der Waals surface area contributed by atoms with Crippen LogP contribution in [0, 0.1) is 5.92 Å². The van der Waals surface area contributed by atoms with Crippen LogP contribution in [0.15, 0.2) is 28.9 Å². The minimum Gasteiger partial charge on any atom is -0.464 e. The Morgan fingerprint density at radius 1 is 1.15 bits per heavy atom. The molecule has 0 radical (unpaired) electrons. The van der Waals surface area contributed by atoms with Crippen molar-refractivity contribution in [2.45, 2.75) is 77.2 Å². The molecule has 26 heavy (non-hydrogen) atoms. The quantitative estimate of drug-likeness (QED) is 0.711. The molecule has 0 N–H and O–H groups in total. The van der Waals surface area contributed by atoms with Gasteiger partial charge in [-0.3, -0.25) is 4.79 Å². The molecule has 2 aromatic rings. The third kappa shape index (κ3) is 3.67. The number of hydrogen-bond donors (Lipinski definition) is 0. The molecule has 0 saturated heterocycles. The Hall–Kier alpha value is -1.77. The second kappa shape index (κ2) is 7.85. The second-order valence-electron chi connectivity index (χ2n) is 8.27. The number of benzene rings is 1. The number of nitrogens with zero attached hydrogens (tertiary/aromatic N) is 1. The average Bonchev–Trinajstić information content (AvgIpc) is 3.11. The summed E-state index contributed by atoms with van der Waals surface area (Å²) in [5.41, 5.74) is 3.78. The molecule has 1 aromatic carbocycles. The zero-order valence-electron chi connectivity index (χ0n) is 16.0. The lowest BCUT2D eigenvalue weighted by molar-refractivity contribution is -0.135. The van der Waals surface area contributed by atoms with E-state index in [0.29, 0.717) is 17.9 Å². The number of fused-ring (bicyclic) bond motifs is 2. The summed E-state index contributed by atoms with van der Waals surface area (Å²) in [6.45, 7) is 3.08. The molecule has 3 heteroatoms. The van der Waals surface area contributed by atoms with Crippen molar-refractivity contribution in [2.75, 3.05) is 6.54 Å². The zero-order valence-corrected chi connectivity index (χ0v) is 16.0.